The first-order chi connectivity index (χ1) is 15.8. The number of aromatic nitrogens is 3. The van der Waals surface area contributed by atoms with Crippen LogP contribution in [0.4, 0.5) is 13.2 Å². The van der Waals surface area contributed by atoms with Gasteiger partial charge in [-0.25, -0.2) is 17.9 Å². The highest BCUT2D eigenvalue weighted by molar-refractivity contribution is 7.99. The fourth-order valence-corrected chi connectivity index (χ4v) is 4.63. The Morgan fingerprint density at radius 3 is 2.52 bits per heavy atom. The average molecular weight is 478 g/mol. The summed E-state index contributed by atoms with van der Waals surface area (Å²) in [5, 5.41) is 48.0. The molecule has 0 amide bonds. The first kappa shape index (κ1) is 23.2. The van der Waals surface area contributed by atoms with Gasteiger partial charge in [-0.1, -0.05) is 23.0 Å². The van der Waals surface area contributed by atoms with Gasteiger partial charge in [-0.15, -0.1) is 5.10 Å². The molecular weight excluding hydrogens is 461 g/mol. The molecule has 4 rings (SSSR count). The van der Waals surface area contributed by atoms with Crippen molar-refractivity contribution in [2.45, 2.75) is 34.7 Å². The molecular formula is C21H17F3N4O4S. The molecule has 0 spiro atoms. The SMILES string of the molecule is N#Cc1cccc(S[C@H]2OC(CO)[C@H](O)C(n3cc(-c4cc(F)c(F)c(F)c4)nn3)[C@@H]2O)c1. The van der Waals surface area contributed by atoms with E-state index >= 15 is 0 Å². The molecule has 172 valence electrons. The van der Waals surface area contributed by atoms with Crippen LogP contribution >= 0.6 is 11.8 Å². The largest absolute Gasteiger partial charge is 0.394 e. The van der Waals surface area contributed by atoms with Crippen molar-refractivity contribution in [2.75, 3.05) is 6.61 Å². The third-order valence-corrected chi connectivity index (χ3v) is 6.31. The van der Waals surface area contributed by atoms with Crippen molar-refractivity contribution in [3.63, 3.8) is 0 Å². The molecule has 2 aromatic carbocycles. The Kier molecular flexibility index (Phi) is 6.68. The lowest BCUT2D eigenvalue weighted by Crippen LogP contribution is -2.55. The Balaban J connectivity index is 1.64. The second-order valence-corrected chi connectivity index (χ2v) is 8.46. The second-order valence-electron chi connectivity index (χ2n) is 7.29. The van der Waals surface area contributed by atoms with Gasteiger partial charge in [-0.2, -0.15) is 5.26 Å². The highest BCUT2D eigenvalue weighted by Crippen LogP contribution is 2.38. The normalized spacial score (nSPS) is 25.1. The number of hydrogen-bond acceptors (Lipinski definition) is 8. The lowest BCUT2D eigenvalue weighted by molar-refractivity contribution is -0.178. The monoisotopic (exact) mass is 478 g/mol. The summed E-state index contributed by atoms with van der Waals surface area (Å²) in [6, 6.07) is 8.96. The molecule has 1 aliphatic heterocycles. The average Bonchev–Trinajstić information content (AvgIpc) is 3.29. The maximum Gasteiger partial charge on any atom is 0.194 e. The molecule has 2 heterocycles. The van der Waals surface area contributed by atoms with Gasteiger partial charge in [0.1, 0.15) is 35.5 Å². The third kappa shape index (κ3) is 4.59. The minimum Gasteiger partial charge on any atom is -0.394 e. The number of benzene rings is 2. The van der Waals surface area contributed by atoms with Crippen LogP contribution in [0.2, 0.25) is 0 Å². The minimum absolute atomic E-state index is 0.0230. The Hall–Kier alpha value is -2.95. The number of thioether (sulfide) groups is 1. The van der Waals surface area contributed by atoms with Crippen LogP contribution in [0.5, 0.6) is 0 Å². The molecule has 3 N–H and O–H groups in total. The molecule has 0 aliphatic carbocycles. The number of halogens is 3. The molecule has 0 bridgehead atoms. The predicted octanol–water partition coefficient (Wildman–Crippen LogP) is 2.01. The molecule has 2 unspecified atom stereocenters. The van der Waals surface area contributed by atoms with E-state index in [1.165, 1.54) is 6.20 Å². The molecule has 3 aromatic rings. The van der Waals surface area contributed by atoms with Crippen LogP contribution in [0.15, 0.2) is 47.5 Å². The van der Waals surface area contributed by atoms with Gasteiger partial charge in [0.25, 0.3) is 0 Å². The number of rotatable bonds is 5. The van der Waals surface area contributed by atoms with Crippen LogP contribution in [0.25, 0.3) is 11.3 Å². The molecule has 1 saturated heterocycles. The molecule has 5 atom stereocenters. The molecule has 0 radical (unpaired) electrons. The van der Waals surface area contributed by atoms with Crippen LogP contribution in [-0.2, 0) is 4.74 Å². The van der Waals surface area contributed by atoms with Crippen molar-refractivity contribution < 1.29 is 33.2 Å². The number of hydrogen-bond donors (Lipinski definition) is 3. The summed E-state index contributed by atoms with van der Waals surface area (Å²) < 4.78 is 47.2. The molecule has 33 heavy (non-hydrogen) atoms. The lowest BCUT2D eigenvalue weighted by atomic mass is 9.97. The van der Waals surface area contributed by atoms with Gasteiger partial charge < -0.3 is 20.1 Å². The van der Waals surface area contributed by atoms with E-state index in [-0.39, 0.29) is 11.3 Å². The molecule has 1 aromatic heterocycles. The number of nitrogens with zero attached hydrogens (tertiary/aromatic N) is 4. The summed E-state index contributed by atoms with van der Waals surface area (Å²) >= 11 is 1.08. The smallest absolute Gasteiger partial charge is 0.194 e. The van der Waals surface area contributed by atoms with E-state index in [9.17, 15) is 28.5 Å². The van der Waals surface area contributed by atoms with E-state index in [0.29, 0.717) is 10.5 Å². The first-order valence-corrected chi connectivity index (χ1v) is 10.6. The summed E-state index contributed by atoms with van der Waals surface area (Å²) in [5.41, 5.74) is -0.671. The molecule has 1 aliphatic rings. The van der Waals surface area contributed by atoms with Crippen LogP contribution in [0.3, 0.4) is 0 Å². The van der Waals surface area contributed by atoms with E-state index in [0.717, 1.165) is 28.6 Å². The van der Waals surface area contributed by atoms with E-state index in [2.05, 4.69) is 10.3 Å². The number of ether oxygens (including phenoxy) is 1. The Labute approximate surface area is 189 Å². The zero-order valence-electron chi connectivity index (χ0n) is 16.7. The summed E-state index contributed by atoms with van der Waals surface area (Å²) in [6.45, 7) is -0.560. The minimum atomic E-state index is -1.62. The first-order valence-electron chi connectivity index (χ1n) is 9.68. The van der Waals surface area contributed by atoms with Crippen molar-refractivity contribution in [3.8, 4) is 17.3 Å². The summed E-state index contributed by atoms with van der Waals surface area (Å²) in [6.07, 6.45) is -2.59. The third-order valence-electron chi connectivity index (χ3n) is 5.16. The standard InChI is InChI=1S/C21H17F3N4O4S/c22-13-5-11(6-14(23)17(13)24)15-8-28(27-26-15)18-19(30)16(9-29)32-21(20(18)31)33-12-3-1-2-10(4-12)7-25/h1-6,8,16,18-21,29-31H,9H2/t16?,18?,19-,20-,21+/m0/s1. The number of aliphatic hydroxyl groups is 3. The number of nitriles is 1. The van der Waals surface area contributed by atoms with E-state index in [1.807, 2.05) is 6.07 Å². The predicted molar refractivity (Wildman–Crippen MR) is 109 cm³/mol. The fraction of sp³-hybridized carbons (Fsp3) is 0.286. The second kappa shape index (κ2) is 9.50. The zero-order valence-corrected chi connectivity index (χ0v) is 17.5. The summed E-state index contributed by atoms with van der Waals surface area (Å²) in [7, 11) is 0. The van der Waals surface area contributed by atoms with Gasteiger partial charge in [0.2, 0.25) is 0 Å². The van der Waals surface area contributed by atoms with Crippen LogP contribution < -0.4 is 0 Å². The van der Waals surface area contributed by atoms with Gasteiger partial charge in [-0.05, 0) is 30.3 Å². The van der Waals surface area contributed by atoms with Crippen molar-refractivity contribution in [1.82, 2.24) is 15.0 Å². The van der Waals surface area contributed by atoms with Gasteiger partial charge in [0.15, 0.2) is 17.5 Å². The van der Waals surface area contributed by atoms with Crippen molar-refractivity contribution in [3.05, 3.63) is 65.6 Å². The molecule has 8 nitrogen and oxygen atoms in total. The molecule has 1 fully saturated rings. The van der Waals surface area contributed by atoms with Crippen molar-refractivity contribution >= 4 is 11.8 Å². The Bertz CT molecular complexity index is 1180. The zero-order chi connectivity index (χ0) is 23.7. The van der Waals surface area contributed by atoms with Gasteiger partial charge in [0, 0.05) is 10.5 Å². The van der Waals surface area contributed by atoms with E-state index in [1.54, 1.807) is 24.3 Å². The van der Waals surface area contributed by atoms with Crippen LogP contribution in [0.1, 0.15) is 11.6 Å². The van der Waals surface area contributed by atoms with Gasteiger partial charge in [-0.3, -0.25) is 0 Å². The Morgan fingerprint density at radius 1 is 1.12 bits per heavy atom. The Morgan fingerprint density at radius 2 is 1.85 bits per heavy atom. The van der Waals surface area contributed by atoms with E-state index < -0.39 is 53.8 Å². The molecule has 12 heteroatoms. The van der Waals surface area contributed by atoms with Gasteiger partial charge in [0.05, 0.1) is 24.4 Å². The van der Waals surface area contributed by atoms with Crippen molar-refractivity contribution in [2.24, 2.45) is 0 Å². The van der Waals surface area contributed by atoms with Crippen molar-refractivity contribution in [1.29, 1.82) is 5.26 Å². The van der Waals surface area contributed by atoms with Crippen LogP contribution in [-0.4, -0.2) is 60.7 Å². The summed E-state index contributed by atoms with van der Waals surface area (Å²) in [4.78, 5) is 0.612. The van der Waals surface area contributed by atoms with E-state index in [4.69, 9.17) is 10.00 Å². The quantitative estimate of drug-likeness (QED) is 0.476. The topological polar surface area (TPSA) is 124 Å². The maximum atomic E-state index is 13.6. The molecule has 0 saturated carbocycles. The fourth-order valence-electron chi connectivity index (χ4n) is 3.51. The highest BCUT2D eigenvalue weighted by Gasteiger charge is 2.46. The van der Waals surface area contributed by atoms with Crippen LogP contribution in [0, 0.1) is 28.8 Å². The lowest BCUT2D eigenvalue weighted by Gasteiger charge is -2.41. The number of aliphatic hydroxyl groups excluding tert-OH is 3. The maximum absolute atomic E-state index is 13.6. The summed E-state index contributed by atoms with van der Waals surface area (Å²) in [5.74, 6) is -4.42. The highest BCUT2D eigenvalue weighted by atomic mass is 32.2. The van der Waals surface area contributed by atoms with Gasteiger partial charge >= 0.3 is 0 Å².